The van der Waals surface area contributed by atoms with Crippen LogP contribution in [-0.2, 0) is 133 Å². The van der Waals surface area contributed by atoms with Gasteiger partial charge in [-0.1, -0.05) is 20.8 Å². The number of carbonyl (C=O) groups excluding carboxylic acids is 13. The van der Waals surface area contributed by atoms with Crippen LogP contribution in [0.2, 0.25) is 0 Å². The van der Waals surface area contributed by atoms with Crippen LogP contribution in [0, 0.1) is 17.8 Å². The van der Waals surface area contributed by atoms with Crippen LogP contribution >= 0.6 is 0 Å². The molecule has 17 unspecified atom stereocenters. The Labute approximate surface area is 563 Å². The Hall–Kier alpha value is -7.29. The van der Waals surface area contributed by atoms with Crippen molar-refractivity contribution in [2.45, 2.75) is 194 Å². The van der Waals surface area contributed by atoms with Crippen LogP contribution in [0.3, 0.4) is 0 Å². The maximum absolute atomic E-state index is 13.7. The van der Waals surface area contributed by atoms with E-state index in [-0.39, 0.29) is 125 Å². The number of esters is 6. The summed E-state index contributed by atoms with van der Waals surface area (Å²) in [5.74, 6) is -8.91. The molecule has 552 valence electrons. The molecule has 0 aromatic heterocycles. The van der Waals surface area contributed by atoms with Crippen molar-refractivity contribution in [3.05, 3.63) is 0 Å². The number of hydrogen-bond donors (Lipinski definition) is 8. The Bertz CT molecular complexity index is 2580. The fourth-order valence-corrected chi connectivity index (χ4v) is 10.5. The van der Waals surface area contributed by atoms with Crippen LogP contribution in [-0.4, -0.2) is 262 Å². The zero-order valence-electron chi connectivity index (χ0n) is 57.3. The Morgan fingerprint density at radius 2 is 0.711 bits per heavy atom. The van der Waals surface area contributed by atoms with Crippen molar-refractivity contribution < 1.29 is 133 Å². The van der Waals surface area contributed by atoms with Crippen LogP contribution < -0.4 is 43.0 Å². The predicted molar refractivity (Wildman–Crippen MR) is 331 cm³/mol. The standard InChI is InChI=1S/C61H100N8O28/c1-32-51(66-35(4)70)59(95-46(29-89-38(7)73)54(32)92-41(10)76)86-26-23-83-20-17-63-49(79)16-14-45(58(82)65-19-22-85-25-28-88-61-53(68-37(6)72)34(3)56(94-43(12)78)48(97-61)31-91-40(9)75)69-50(80)15-13-44(62)57(81)64-18-21-84-24-27-87-60-52(67-36(5)71)33(2)55(93-42(11)77)47(96-60)30-90-39(8)74/h32-34,44-48,51-56,59-61H,13-31,62H2,1-12H3,(H,63,79)(H,64,81)(H,65,82)(H,66,70)(H,67,71)(H,68,72)(H,69,80). The van der Waals surface area contributed by atoms with E-state index in [2.05, 4.69) is 37.2 Å². The third-order valence-corrected chi connectivity index (χ3v) is 15.0. The van der Waals surface area contributed by atoms with Crippen LogP contribution in [0.15, 0.2) is 0 Å². The van der Waals surface area contributed by atoms with Crippen molar-refractivity contribution in [3.8, 4) is 0 Å². The lowest BCUT2D eigenvalue weighted by Gasteiger charge is -2.44. The molecule has 3 aliphatic heterocycles. The lowest BCUT2D eigenvalue weighted by Crippen LogP contribution is -2.62. The van der Waals surface area contributed by atoms with Gasteiger partial charge in [-0.15, -0.1) is 0 Å². The average molecular weight is 1390 g/mol. The molecule has 0 aromatic rings. The highest BCUT2D eigenvalue weighted by molar-refractivity contribution is 5.89. The summed E-state index contributed by atoms with van der Waals surface area (Å²) in [6.07, 6.45) is -9.55. The quantitative estimate of drug-likeness (QED) is 0.0170. The molecule has 3 heterocycles. The summed E-state index contributed by atoms with van der Waals surface area (Å²) >= 11 is 0. The first-order chi connectivity index (χ1) is 45.9. The minimum Gasteiger partial charge on any atom is -0.463 e. The predicted octanol–water partition coefficient (Wildman–Crippen LogP) is -3.11. The molecule has 3 aliphatic rings. The van der Waals surface area contributed by atoms with Crippen molar-refractivity contribution in [3.63, 3.8) is 0 Å². The van der Waals surface area contributed by atoms with E-state index in [0.717, 1.165) is 0 Å². The second kappa shape index (κ2) is 44.6. The van der Waals surface area contributed by atoms with E-state index in [1.54, 1.807) is 20.8 Å². The topological polar surface area (TPSA) is 471 Å². The SMILES string of the molecule is CC(=O)NC1C(OCCOCCNC(=O)CCC(NC(=O)CCC(N)C(=O)NCCOCCOC2OC(COC(C)=O)C(OC(C)=O)C(C)C2NC(C)=O)C(=O)NCCOCCOC2OC(COC(C)=O)C(OC(C)=O)C(C)C2NC(C)=O)OC(COC(C)=O)C(OC(C)=O)C1C. The molecular formula is C61H100N8O28. The number of rotatable bonds is 42. The molecule has 0 bridgehead atoms. The number of hydrogen-bond acceptors (Lipinski definition) is 29. The smallest absolute Gasteiger partial charge is 0.303 e. The maximum Gasteiger partial charge on any atom is 0.303 e. The lowest BCUT2D eigenvalue weighted by molar-refractivity contribution is -0.264. The first kappa shape index (κ1) is 83.9. The summed E-state index contributed by atoms with van der Waals surface area (Å²) in [6, 6.07) is -4.77. The number of amides is 7. The van der Waals surface area contributed by atoms with Crippen molar-refractivity contribution in [2.75, 3.05) is 98.9 Å². The Morgan fingerprint density at radius 3 is 1.03 bits per heavy atom. The highest BCUT2D eigenvalue weighted by Crippen LogP contribution is 2.33. The van der Waals surface area contributed by atoms with Gasteiger partial charge in [-0.3, -0.25) is 62.3 Å². The summed E-state index contributed by atoms with van der Waals surface area (Å²) in [6.45, 7) is 15.2. The van der Waals surface area contributed by atoms with Crippen molar-refractivity contribution >= 4 is 77.2 Å². The summed E-state index contributed by atoms with van der Waals surface area (Å²) < 4.78 is 84.6. The second-order valence-electron chi connectivity index (χ2n) is 23.2. The number of ether oxygens (including phenoxy) is 15. The monoisotopic (exact) mass is 1390 g/mol. The highest BCUT2D eigenvalue weighted by Gasteiger charge is 2.50. The van der Waals surface area contributed by atoms with Gasteiger partial charge in [0.15, 0.2) is 18.9 Å². The van der Waals surface area contributed by atoms with Gasteiger partial charge in [0.05, 0.1) is 83.6 Å². The summed E-state index contributed by atoms with van der Waals surface area (Å²) in [5, 5.41) is 18.9. The molecule has 3 rings (SSSR count). The molecule has 0 aromatic carbocycles. The van der Waals surface area contributed by atoms with E-state index < -0.39 is 181 Å². The Morgan fingerprint density at radius 1 is 0.392 bits per heavy atom. The average Bonchev–Trinajstić information content (AvgIpc) is 0.815. The van der Waals surface area contributed by atoms with Crippen molar-refractivity contribution in [1.29, 1.82) is 0 Å². The van der Waals surface area contributed by atoms with Gasteiger partial charge in [0.1, 0.15) is 62.5 Å². The third-order valence-electron chi connectivity index (χ3n) is 15.0. The normalized spacial score (nSPS) is 25.8. The number of nitrogens with one attached hydrogen (secondary N) is 7. The summed E-state index contributed by atoms with van der Waals surface area (Å²) in [5.41, 5.74) is 6.14. The lowest BCUT2D eigenvalue weighted by atomic mass is 9.88. The molecule has 97 heavy (non-hydrogen) atoms. The van der Waals surface area contributed by atoms with E-state index in [0.29, 0.717) is 0 Å². The molecule has 3 fully saturated rings. The van der Waals surface area contributed by atoms with Crippen molar-refractivity contribution in [2.24, 2.45) is 23.5 Å². The molecule has 0 aliphatic carbocycles. The van der Waals surface area contributed by atoms with Gasteiger partial charge in [-0.25, -0.2) is 0 Å². The third kappa shape index (κ3) is 32.3. The molecule has 36 nitrogen and oxygen atoms in total. The molecule has 0 radical (unpaired) electrons. The highest BCUT2D eigenvalue weighted by atomic mass is 16.7. The fraction of sp³-hybridized carbons (Fsp3) is 0.787. The molecule has 9 N–H and O–H groups in total. The van der Waals surface area contributed by atoms with Gasteiger partial charge in [0, 0.05) is 113 Å². The molecule has 0 spiro atoms. The fourth-order valence-electron chi connectivity index (χ4n) is 10.5. The van der Waals surface area contributed by atoms with Crippen LogP contribution in [0.5, 0.6) is 0 Å². The first-order valence-electron chi connectivity index (χ1n) is 32.0. The van der Waals surface area contributed by atoms with Crippen LogP contribution in [0.25, 0.3) is 0 Å². The zero-order valence-corrected chi connectivity index (χ0v) is 57.3. The van der Waals surface area contributed by atoms with Gasteiger partial charge in [-0.2, -0.15) is 0 Å². The molecule has 3 saturated heterocycles. The van der Waals surface area contributed by atoms with E-state index in [9.17, 15) is 62.3 Å². The molecular weight excluding hydrogens is 1290 g/mol. The first-order valence-corrected chi connectivity index (χ1v) is 32.0. The summed E-state index contributed by atoms with van der Waals surface area (Å²) in [7, 11) is 0. The Balaban J connectivity index is 1.56. The molecule has 0 saturated carbocycles. The molecule has 7 amide bonds. The Kier molecular flexibility index (Phi) is 38.6. The van der Waals surface area contributed by atoms with E-state index >= 15 is 0 Å². The number of carbonyl (C=O) groups is 13. The van der Waals surface area contributed by atoms with Crippen LogP contribution in [0.1, 0.15) is 109 Å². The number of nitrogens with two attached hydrogens (primary N) is 1. The van der Waals surface area contributed by atoms with Gasteiger partial charge >= 0.3 is 35.8 Å². The van der Waals surface area contributed by atoms with Gasteiger partial charge < -0.3 is 114 Å². The van der Waals surface area contributed by atoms with Crippen molar-refractivity contribution in [1.82, 2.24) is 37.2 Å². The van der Waals surface area contributed by atoms with Gasteiger partial charge in [0.25, 0.3) is 0 Å². The largest absolute Gasteiger partial charge is 0.463 e. The van der Waals surface area contributed by atoms with Gasteiger partial charge in [0.2, 0.25) is 41.4 Å². The van der Waals surface area contributed by atoms with Gasteiger partial charge in [-0.05, 0) is 12.8 Å². The minimum atomic E-state index is -1.26. The van der Waals surface area contributed by atoms with E-state index in [1.165, 1.54) is 62.3 Å². The van der Waals surface area contributed by atoms with E-state index in [1.807, 2.05) is 0 Å². The van der Waals surface area contributed by atoms with Crippen LogP contribution in [0.4, 0.5) is 0 Å². The zero-order chi connectivity index (χ0) is 72.3. The minimum absolute atomic E-state index is 0.000235. The maximum atomic E-state index is 13.7. The summed E-state index contributed by atoms with van der Waals surface area (Å²) in [4.78, 5) is 160. The molecule has 36 heteroatoms. The molecule has 17 atom stereocenters. The van der Waals surface area contributed by atoms with E-state index in [4.69, 9.17) is 76.8 Å². The second-order valence-corrected chi connectivity index (χ2v) is 23.2.